The van der Waals surface area contributed by atoms with Gasteiger partial charge in [0.2, 0.25) is 0 Å². The van der Waals surface area contributed by atoms with E-state index in [9.17, 15) is 4.79 Å². The van der Waals surface area contributed by atoms with Crippen LogP contribution in [0.15, 0.2) is 53.0 Å². The number of esters is 1. The Bertz CT molecular complexity index is 898. The number of carbonyl (C=O) groups excluding carboxylic acids is 1. The summed E-state index contributed by atoms with van der Waals surface area (Å²) in [5, 5.41) is 0.940. The van der Waals surface area contributed by atoms with Gasteiger partial charge in [0, 0.05) is 21.1 Å². The molecule has 0 aliphatic heterocycles. The summed E-state index contributed by atoms with van der Waals surface area (Å²) in [5.41, 5.74) is 3.82. The molecule has 1 heterocycles. The maximum absolute atomic E-state index is 12.5. The SMILES string of the molecule is CCOC(=O)c1c(C)n(C(C)c2cccc(Br)c2)c2ccccc12. The summed E-state index contributed by atoms with van der Waals surface area (Å²) >= 11 is 3.54. The van der Waals surface area contributed by atoms with E-state index in [0.717, 1.165) is 21.1 Å². The van der Waals surface area contributed by atoms with Crippen molar-refractivity contribution >= 4 is 32.8 Å². The average molecular weight is 386 g/mol. The van der Waals surface area contributed by atoms with E-state index in [2.05, 4.69) is 45.6 Å². The number of carbonyl (C=O) groups is 1. The minimum absolute atomic E-state index is 0.107. The Balaban J connectivity index is 2.21. The third-order valence-corrected chi connectivity index (χ3v) is 4.85. The van der Waals surface area contributed by atoms with Crippen LogP contribution >= 0.6 is 15.9 Å². The lowest BCUT2D eigenvalue weighted by Gasteiger charge is -2.18. The number of fused-ring (bicyclic) bond motifs is 1. The Hall–Kier alpha value is -2.07. The number of para-hydroxylation sites is 1. The van der Waals surface area contributed by atoms with Gasteiger partial charge in [-0.3, -0.25) is 0 Å². The average Bonchev–Trinajstić information content (AvgIpc) is 2.86. The monoisotopic (exact) mass is 385 g/mol. The molecule has 4 heteroatoms. The minimum Gasteiger partial charge on any atom is -0.462 e. The van der Waals surface area contributed by atoms with Crippen molar-refractivity contribution in [1.29, 1.82) is 0 Å². The predicted molar refractivity (Wildman–Crippen MR) is 101 cm³/mol. The Morgan fingerprint density at radius 1 is 1.21 bits per heavy atom. The van der Waals surface area contributed by atoms with E-state index in [0.29, 0.717) is 12.2 Å². The van der Waals surface area contributed by atoms with Crippen LogP contribution in [0.1, 0.15) is 41.5 Å². The molecule has 0 amide bonds. The Labute approximate surface area is 150 Å². The van der Waals surface area contributed by atoms with Crippen molar-refractivity contribution in [3.8, 4) is 0 Å². The zero-order chi connectivity index (χ0) is 17.3. The lowest BCUT2D eigenvalue weighted by atomic mass is 10.1. The molecule has 0 radical (unpaired) electrons. The summed E-state index contributed by atoms with van der Waals surface area (Å²) in [6.07, 6.45) is 0. The van der Waals surface area contributed by atoms with E-state index < -0.39 is 0 Å². The third kappa shape index (κ3) is 2.86. The largest absolute Gasteiger partial charge is 0.462 e. The second-order valence-corrected chi connectivity index (χ2v) is 6.71. The van der Waals surface area contributed by atoms with E-state index in [1.807, 2.05) is 44.2 Å². The quantitative estimate of drug-likeness (QED) is 0.555. The van der Waals surface area contributed by atoms with Crippen molar-refractivity contribution in [3.63, 3.8) is 0 Å². The van der Waals surface area contributed by atoms with Crippen LogP contribution in [0.4, 0.5) is 0 Å². The normalized spacial score (nSPS) is 12.3. The molecule has 0 bridgehead atoms. The lowest BCUT2D eigenvalue weighted by Crippen LogP contribution is -2.11. The number of benzene rings is 2. The molecular weight excluding hydrogens is 366 g/mol. The summed E-state index contributed by atoms with van der Waals surface area (Å²) < 4.78 is 8.53. The second-order valence-electron chi connectivity index (χ2n) is 5.80. The first kappa shape index (κ1) is 16.8. The molecule has 3 rings (SSSR count). The topological polar surface area (TPSA) is 31.2 Å². The first-order valence-corrected chi connectivity index (χ1v) is 8.86. The van der Waals surface area contributed by atoms with Crippen LogP contribution in [0.3, 0.4) is 0 Å². The maximum Gasteiger partial charge on any atom is 0.340 e. The van der Waals surface area contributed by atoms with Crippen LogP contribution in [0.2, 0.25) is 0 Å². The van der Waals surface area contributed by atoms with Crippen molar-refractivity contribution in [2.75, 3.05) is 6.61 Å². The van der Waals surface area contributed by atoms with Gasteiger partial charge in [-0.05, 0) is 44.5 Å². The number of hydrogen-bond acceptors (Lipinski definition) is 2. The minimum atomic E-state index is -0.258. The molecular formula is C20H20BrNO2. The molecule has 0 aliphatic carbocycles. The fraction of sp³-hybridized carbons (Fsp3) is 0.250. The molecule has 1 atom stereocenters. The van der Waals surface area contributed by atoms with Gasteiger partial charge < -0.3 is 9.30 Å². The van der Waals surface area contributed by atoms with Crippen molar-refractivity contribution < 1.29 is 9.53 Å². The van der Waals surface area contributed by atoms with Crippen molar-refractivity contribution in [1.82, 2.24) is 4.57 Å². The summed E-state index contributed by atoms with van der Waals surface area (Å²) in [5.74, 6) is -0.258. The van der Waals surface area contributed by atoms with Gasteiger partial charge in [0.05, 0.1) is 18.2 Å². The molecule has 3 nitrogen and oxygen atoms in total. The second kappa shape index (κ2) is 6.81. The van der Waals surface area contributed by atoms with Crippen molar-refractivity contribution in [2.24, 2.45) is 0 Å². The molecule has 1 aromatic heterocycles. The standard InChI is InChI=1S/C20H20BrNO2/c1-4-24-20(23)19-14(3)22(18-11-6-5-10-17(18)19)13(2)15-8-7-9-16(21)12-15/h5-13H,4H2,1-3H3. The molecule has 0 aliphatic rings. The highest BCUT2D eigenvalue weighted by molar-refractivity contribution is 9.10. The molecule has 1 unspecified atom stereocenters. The first-order valence-electron chi connectivity index (χ1n) is 8.06. The fourth-order valence-corrected chi connectivity index (χ4v) is 3.68. The molecule has 3 aromatic rings. The highest BCUT2D eigenvalue weighted by atomic mass is 79.9. The van der Waals surface area contributed by atoms with Gasteiger partial charge in [-0.15, -0.1) is 0 Å². The van der Waals surface area contributed by atoms with E-state index in [1.165, 1.54) is 5.56 Å². The zero-order valence-electron chi connectivity index (χ0n) is 14.0. The van der Waals surface area contributed by atoms with Crippen LogP contribution in [0, 0.1) is 6.92 Å². The number of rotatable bonds is 4. The lowest BCUT2D eigenvalue weighted by molar-refractivity contribution is 0.0527. The smallest absolute Gasteiger partial charge is 0.340 e. The summed E-state index contributed by atoms with van der Waals surface area (Å²) in [4.78, 5) is 12.5. The molecule has 0 saturated carbocycles. The highest BCUT2D eigenvalue weighted by Gasteiger charge is 2.23. The number of halogens is 1. The van der Waals surface area contributed by atoms with Gasteiger partial charge in [0.1, 0.15) is 0 Å². The van der Waals surface area contributed by atoms with Gasteiger partial charge in [-0.25, -0.2) is 4.79 Å². The number of nitrogens with zero attached hydrogens (tertiary/aromatic N) is 1. The predicted octanol–water partition coefficient (Wildman–Crippen LogP) is 5.50. The zero-order valence-corrected chi connectivity index (χ0v) is 15.6. The van der Waals surface area contributed by atoms with Crippen LogP contribution < -0.4 is 0 Å². The van der Waals surface area contributed by atoms with E-state index in [1.54, 1.807) is 0 Å². The van der Waals surface area contributed by atoms with Crippen molar-refractivity contribution in [2.45, 2.75) is 26.8 Å². The fourth-order valence-electron chi connectivity index (χ4n) is 3.27. The summed E-state index contributed by atoms with van der Waals surface area (Å²) in [7, 11) is 0. The molecule has 0 fully saturated rings. The van der Waals surface area contributed by atoms with E-state index in [-0.39, 0.29) is 12.0 Å². The molecule has 24 heavy (non-hydrogen) atoms. The van der Waals surface area contributed by atoms with Crippen LogP contribution in [-0.4, -0.2) is 17.1 Å². The van der Waals surface area contributed by atoms with Crippen LogP contribution in [0.5, 0.6) is 0 Å². The number of aromatic nitrogens is 1. The van der Waals surface area contributed by atoms with Gasteiger partial charge in [0.25, 0.3) is 0 Å². The van der Waals surface area contributed by atoms with E-state index >= 15 is 0 Å². The number of hydrogen-bond donors (Lipinski definition) is 0. The molecule has 0 N–H and O–H groups in total. The third-order valence-electron chi connectivity index (χ3n) is 4.35. The number of ether oxygens (including phenoxy) is 1. The van der Waals surface area contributed by atoms with Gasteiger partial charge in [-0.1, -0.05) is 46.3 Å². The Morgan fingerprint density at radius 3 is 2.67 bits per heavy atom. The molecule has 2 aromatic carbocycles. The van der Waals surface area contributed by atoms with Crippen LogP contribution in [-0.2, 0) is 4.74 Å². The van der Waals surface area contributed by atoms with Crippen LogP contribution in [0.25, 0.3) is 10.9 Å². The Kier molecular flexibility index (Phi) is 4.76. The highest BCUT2D eigenvalue weighted by Crippen LogP contribution is 2.32. The maximum atomic E-state index is 12.5. The van der Waals surface area contributed by atoms with Gasteiger partial charge in [-0.2, -0.15) is 0 Å². The molecule has 0 spiro atoms. The molecule has 124 valence electrons. The van der Waals surface area contributed by atoms with E-state index in [4.69, 9.17) is 4.74 Å². The Morgan fingerprint density at radius 2 is 1.96 bits per heavy atom. The van der Waals surface area contributed by atoms with Gasteiger partial charge in [0.15, 0.2) is 0 Å². The molecule has 0 saturated heterocycles. The summed E-state index contributed by atoms with van der Waals surface area (Å²) in [6.45, 7) is 6.34. The van der Waals surface area contributed by atoms with Gasteiger partial charge >= 0.3 is 5.97 Å². The first-order chi connectivity index (χ1) is 11.5. The van der Waals surface area contributed by atoms with Crippen molar-refractivity contribution in [3.05, 3.63) is 69.8 Å². The summed E-state index contributed by atoms with van der Waals surface area (Å²) in [6, 6.07) is 16.4.